The molecule has 0 bridgehead atoms. The maximum Gasteiger partial charge on any atom is 0.325 e. The van der Waals surface area contributed by atoms with Crippen molar-refractivity contribution < 1.29 is 9.90 Å². The number of fused-ring (bicyclic) bond motifs is 1. The number of imidazole rings is 1. The highest BCUT2D eigenvalue weighted by atomic mass is 32.1. The Kier molecular flexibility index (Phi) is 3.58. The van der Waals surface area contributed by atoms with Crippen LogP contribution in [0, 0.1) is 0 Å². The molecule has 1 aliphatic heterocycles. The first-order valence-electron chi connectivity index (χ1n) is 6.72. The quantitative estimate of drug-likeness (QED) is 0.937. The zero-order valence-corrected chi connectivity index (χ0v) is 12.1. The average molecular weight is 291 g/mol. The molecule has 2 aromatic rings. The molecule has 0 saturated heterocycles. The van der Waals surface area contributed by atoms with E-state index in [0.29, 0.717) is 6.54 Å². The smallest absolute Gasteiger partial charge is 0.325 e. The zero-order valence-electron chi connectivity index (χ0n) is 11.3. The lowest BCUT2D eigenvalue weighted by molar-refractivity contribution is -0.144. The summed E-state index contributed by atoms with van der Waals surface area (Å²) in [5, 5.41) is 11.6. The third-order valence-corrected chi connectivity index (χ3v) is 4.80. The van der Waals surface area contributed by atoms with Gasteiger partial charge in [0, 0.05) is 30.7 Å². The minimum atomic E-state index is -0.771. The predicted molar refractivity (Wildman–Crippen MR) is 76.7 cm³/mol. The molecule has 0 fully saturated rings. The Labute approximate surface area is 121 Å². The minimum absolute atomic E-state index is 0.537. The van der Waals surface area contributed by atoms with Gasteiger partial charge in [0.1, 0.15) is 6.04 Å². The van der Waals surface area contributed by atoms with Gasteiger partial charge < -0.3 is 9.67 Å². The Morgan fingerprint density at radius 1 is 1.60 bits per heavy atom. The van der Waals surface area contributed by atoms with Crippen LogP contribution in [0.5, 0.6) is 0 Å². The summed E-state index contributed by atoms with van der Waals surface area (Å²) in [6.07, 6.45) is 4.55. The van der Waals surface area contributed by atoms with Crippen LogP contribution in [-0.2, 0) is 24.3 Å². The summed E-state index contributed by atoms with van der Waals surface area (Å²) < 4.78 is 2.06. The van der Waals surface area contributed by atoms with Crippen molar-refractivity contribution in [2.45, 2.75) is 32.5 Å². The molecule has 0 spiro atoms. The number of carbonyl (C=O) groups is 1. The number of thiophene rings is 1. The number of carboxylic acid groups (broad SMARTS) is 1. The normalized spacial score (nSPS) is 18.9. The molecule has 0 radical (unpaired) electrons. The lowest BCUT2D eigenvalue weighted by atomic mass is 10.00. The standard InChI is InChI=1S/C14H17N3O2S/c1-2-16-9-15-7-10(16)8-17-5-3-12-11(4-6-20-12)13(17)14(18)19/h4,6-7,9,13H,2-3,5,8H2,1H3,(H,18,19). The van der Waals surface area contributed by atoms with Crippen molar-refractivity contribution in [3.63, 3.8) is 0 Å². The third-order valence-electron chi connectivity index (χ3n) is 3.80. The molecule has 1 unspecified atom stereocenters. The van der Waals surface area contributed by atoms with Gasteiger partial charge in [-0.25, -0.2) is 4.98 Å². The number of hydrogen-bond donors (Lipinski definition) is 1. The Balaban J connectivity index is 1.88. The summed E-state index contributed by atoms with van der Waals surface area (Å²) in [7, 11) is 0. The van der Waals surface area contributed by atoms with Crippen LogP contribution in [0.2, 0.25) is 0 Å². The molecule has 6 heteroatoms. The van der Waals surface area contributed by atoms with Gasteiger partial charge in [0.15, 0.2) is 0 Å². The van der Waals surface area contributed by atoms with Crippen LogP contribution in [0.25, 0.3) is 0 Å². The van der Waals surface area contributed by atoms with E-state index in [0.717, 1.165) is 30.8 Å². The first kappa shape index (κ1) is 13.3. The Bertz CT molecular complexity index is 619. The SMILES string of the molecule is CCn1cncc1CN1CCc2sccc2C1C(=O)O. The van der Waals surface area contributed by atoms with Crippen LogP contribution < -0.4 is 0 Å². The summed E-state index contributed by atoms with van der Waals surface area (Å²) in [4.78, 5) is 19.0. The van der Waals surface area contributed by atoms with Gasteiger partial charge in [-0.3, -0.25) is 9.69 Å². The lowest BCUT2D eigenvalue weighted by Gasteiger charge is -2.33. The number of aliphatic carboxylic acids is 1. The van der Waals surface area contributed by atoms with E-state index < -0.39 is 12.0 Å². The molecule has 0 aromatic carbocycles. The van der Waals surface area contributed by atoms with Crippen molar-refractivity contribution in [3.05, 3.63) is 40.1 Å². The fraction of sp³-hybridized carbons (Fsp3) is 0.429. The largest absolute Gasteiger partial charge is 0.480 e. The molecular formula is C14H17N3O2S. The van der Waals surface area contributed by atoms with Crippen LogP contribution in [0.15, 0.2) is 24.0 Å². The van der Waals surface area contributed by atoms with E-state index in [-0.39, 0.29) is 0 Å². The predicted octanol–water partition coefficient (Wildman–Crippen LogP) is 2.15. The fourth-order valence-electron chi connectivity index (χ4n) is 2.80. The number of hydrogen-bond acceptors (Lipinski definition) is 4. The number of aromatic nitrogens is 2. The highest BCUT2D eigenvalue weighted by Gasteiger charge is 2.33. The van der Waals surface area contributed by atoms with Crippen molar-refractivity contribution in [2.24, 2.45) is 0 Å². The summed E-state index contributed by atoms with van der Waals surface area (Å²) >= 11 is 1.66. The maximum absolute atomic E-state index is 11.6. The van der Waals surface area contributed by atoms with Gasteiger partial charge in [-0.05, 0) is 30.4 Å². The van der Waals surface area contributed by atoms with Gasteiger partial charge in [-0.1, -0.05) is 0 Å². The van der Waals surface area contributed by atoms with E-state index >= 15 is 0 Å². The lowest BCUT2D eigenvalue weighted by Crippen LogP contribution is -2.39. The number of rotatable bonds is 4. The van der Waals surface area contributed by atoms with E-state index in [2.05, 4.69) is 16.5 Å². The molecule has 1 aliphatic rings. The summed E-state index contributed by atoms with van der Waals surface area (Å²) in [6, 6.07) is 1.41. The zero-order chi connectivity index (χ0) is 14.1. The van der Waals surface area contributed by atoms with E-state index in [4.69, 9.17) is 0 Å². The van der Waals surface area contributed by atoms with Crippen molar-refractivity contribution in [2.75, 3.05) is 6.54 Å². The van der Waals surface area contributed by atoms with Gasteiger partial charge in [0.05, 0.1) is 12.0 Å². The highest BCUT2D eigenvalue weighted by molar-refractivity contribution is 7.10. The molecule has 0 aliphatic carbocycles. The van der Waals surface area contributed by atoms with Crippen molar-refractivity contribution in [1.29, 1.82) is 0 Å². The van der Waals surface area contributed by atoms with Gasteiger partial charge in [0.2, 0.25) is 0 Å². The second kappa shape index (κ2) is 5.38. The molecule has 20 heavy (non-hydrogen) atoms. The maximum atomic E-state index is 11.6. The molecule has 1 N–H and O–H groups in total. The van der Waals surface area contributed by atoms with E-state index in [1.807, 2.05) is 22.5 Å². The monoisotopic (exact) mass is 291 g/mol. The molecule has 0 saturated carbocycles. The second-order valence-corrected chi connectivity index (χ2v) is 5.93. The van der Waals surface area contributed by atoms with Crippen LogP contribution in [-0.4, -0.2) is 32.1 Å². The fourth-order valence-corrected chi connectivity index (χ4v) is 3.70. The van der Waals surface area contributed by atoms with Crippen LogP contribution in [0.4, 0.5) is 0 Å². The number of aryl methyl sites for hydroxylation is 1. The Morgan fingerprint density at radius 3 is 3.20 bits per heavy atom. The topological polar surface area (TPSA) is 58.4 Å². The van der Waals surface area contributed by atoms with Crippen LogP contribution in [0.3, 0.4) is 0 Å². The number of carboxylic acids is 1. The molecule has 1 atom stereocenters. The van der Waals surface area contributed by atoms with Crippen LogP contribution >= 0.6 is 11.3 Å². The van der Waals surface area contributed by atoms with Gasteiger partial charge in [-0.15, -0.1) is 11.3 Å². The summed E-state index contributed by atoms with van der Waals surface area (Å²) in [5.41, 5.74) is 2.02. The van der Waals surface area contributed by atoms with Crippen molar-refractivity contribution in [1.82, 2.24) is 14.5 Å². The average Bonchev–Trinajstić information content (AvgIpc) is 3.06. The molecule has 5 nitrogen and oxygen atoms in total. The first-order chi connectivity index (χ1) is 9.70. The molecule has 3 heterocycles. The van der Waals surface area contributed by atoms with Crippen molar-refractivity contribution >= 4 is 17.3 Å². The van der Waals surface area contributed by atoms with E-state index in [9.17, 15) is 9.90 Å². The van der Waals surface area contributed by atoms with Crippen molar-refractivity contribution in [3.8, 4) is 0 Å². The second-order valence-electron chi connectivity index (χ2n) is 4.93. The molecule has 3 rings (SSSR count). The third kappa shape index (κ3) is 2.25. The molecule has 2 aromatic heterocycles. The minimum Gasteiger partial charge on any atom is -0.480 e. The first-order valence-corrected chi connectivity index (χ1v) is 7.60. The molecular weight excluding hydrogens is 274 g/mol. The van der Waals surface area contributed by atoms with E-state index in [1.165, 1.54) is 4.88 Å². The van der Waals surface area contributed by atoms with Gasteiger partial charge >= 0.3 is 5.97 Å². The Morgan fingerprint density at radius 2 is 2.45 bits per heavy atom. The highest BCUT2D eigenvalue weighted by Crippen LogP contribution is 2.34. The summed E-state index contributed by atoms with van der Waals surface area (Å²) in [5.74, 6) is -0.771. The van der Waals surface area contributed by atoms with E-state index in [1.54, 1.807) is 17.7 Å². The summed E-state index contributed by atoms with van der Waals surface area (Å²) in [6.45, 7) is 4.32. The number of nitrogens with zero attached hydrogens (tertiary/aromatic N) is 3. The van der Waals surface area contributed by atoms with Crippen LogP contribution in [0.1, 0.15) is 29.1 Å². The molecule has 0 amide bonds. The Hall–Kier alpha value is -1.66. The van der Waals surface area contributed by atoms with Gasteiger partial charge in [-0.2, -0.15) is 0 Å². The molecule has 106 valence electrons. The van der Waals surface area contributed by atoms with Gasteiger partial charge in [0.25, 0.3) is 0 Å².